The number of nitrogen functional groups attached to an aromatic ring is 1. The molecule has 0 radical (unpaired) electrons. The second-order valence-corrected chi connectivity index (χ2v) is 5.78. The van der Waals surface area contributed by atoms with Crippen molar-refractivity contribution in [1.29, 1.82) is 0 Å². The summed E-state index contributed by atoms with van der Waals surface area (Å²) in [5.41, 5.74) is 8.72. The van der Waals surface area contributed by atoms with Crippen LogP contribution in [0.1, 0.15) is 18.9 Å². The number of nitrogens with zero attached hydrogens (tertiary/aromatic N) is 1. The van der Waals surface area contributed by atoms with E-state index in [1.807, 2.05) is 36.4 Å². The predicted molar refractivity (Wildman–Crippen MR) is 97.2 cm³/mol. The number of anilines is 2. The summed E-state index contributed by atoms with van der Waals surface area (Å²) in [5, 5.41) is 18.3. The van der Waals surface area contributed by atoms with Crippen molar-refractivity contribution in [2.45, 2.75) is 26.0 Å². The smallest absolute Gasteiger partial charge is 0.144 e. The summed E-state index contributed by atoms with van der Waals surface area (Å²) in [6, 6.07) is 16.0. The molecule has 2 rings (SSSR count). The molecule has 2 aromatic carbocycles. The van der Waals surface area contributed by atoms with Gasteiger partial charge in [0.1, 0.15) is 18.5 Å². The van der Waals surface area contributed by atoms with Crippen molar-refractivity contribution in [3.63, 3.8) is 0 Å². The molecule has 0 heterocycles. The largest absolute Gasteiger partial charge is 0.489 e. The molecule has 0 aliphatic rings. The highest BCUT2D eigenvalue weighted by atomic mass is 16.5. The molecule has 5 nitrogen and oxygen atoms in total. The van der Waals surface area contributed by atoms with Crippen LogP contribution in [-0.2, 0) is 6.54 Å². The van der Waals surface area contributed by atoms with Crippen molar-refractivity contribution in [2.75, 3.05) is 30.4 Å². The molecule has 24 heavy (non-hydrogen) atoms. The second-order valence-electron chi connectivity index (χ2n) is 5.78. The van der Waals surface area contributed by atoms with E-state index in [1.54, 1.807) is 0 Å². The van der Waals surface area contributed by atoms with Crippen molar-refractivity contribution in [2.24, 2.45) is 0 Å². The highest BCUT2D eigenvalue weighted by Gasteiger charge is 2.11. The molecule has 4 N–H and O–H groups in total. The fourth-order valence-corrected chi connectivity index (χ4v) is 2.46. The average molecular weight is 330 g/mol. The molecule has 2 aromatic rings. The summed E-state index contributed by atoms with van der Waals surface area (Å²) in [4.78, 5) is 2.27. The van der Waals surface area contributed by atoms with Gasteiger partial charge in [-0.15, -0.1) is 0 Å². The van der Waals surface area contributed by atoms with E-state index in [-0.39, 0.29) is 13.2 Å². The maximum Gasteiger partial charge on any atom is 0.144 e. The minimum atomic E-state index is -0.913. The van der Waals surface area contributed by atoms with Gasteiger partial charge in [0.15, 0.2) is 0 Å². The van der Waals surface area contributed by atoms with Gasteiger partial charge in [-0.1, -0.05) is 37.3 Å². The third-order valence-electron chi connectivity index (χ3n) is 3.71. The molecule has 0 saturated carbocycles. The monoisotopic (exact) mass is 330 g/mol. The summed E-state index contributed by atoms with van der Waals surface area (Å²) in [6.45, 7) is 3.53. The van der Waals surface area contributed by atoms with Gasteiger partial charge in [-0.25, -0.2) is 0 Å². The van der Waals surface area contributed by atoms with E-state index >= 15 is 0 Å². The van der Waals surface area contributed by atoms with Crippen molar-refractivity contribution < 1.29 is 14.9 Å². The Morgan fingerprint density at radius 2 is 1.92 bits per heavy atom. The Bertz CT molecular complexity index is 619. The maximum atomic E-state index is 9.44. The van der Waals surface area contributed by atoms with Gasteiger partial charge in [0.05, 0.1) is 12.3 Å². The number of aliphatic hydroxyl groups is 2. The molecule has 1 atom stereocenters. The zero-order valence-electron chi connectivity index (χ0n) is 14.1. The Morgan fingerprint density at radius 3 is 2.58 bits per heavy atom. The molecule has 0 aliphatic carbocycles. The van der Waals surface area contributed by atoms with Gasteiger partial charge < -0.3 is 25.6 Å². The van der Waals surface area contributed by atoms with Crippen molar-refractivity contribution in [3.05, 3.63) is 54.1 Å². The number of rotatable bonds is 9. The van der Waals surface area contributed by atoms with Crippen LogP contribution in [0.3, 0.4) is 0 Å². The number of benzene rings is 2. The Labute approximate surface area is 143 Å². The zero-order chi connectivity index (χ0) is 17.4. The van der Waals surface area contributed by atoms with Crippen molar-refractivity contribution >= 4 is 11.4 Å². The number of nitrogens with two attached hydrogens (primary N) is 1. The van der Waals surface area contributed by atoms with Crippen LogP contribution in [-0.4, -0.2) is 36.1 Å². The summed E-state index contributed by atoms with van der Waals surface area (Å²) < 4.78 is 5.55. The van der Waals surface area contributed by atoms with E-state index < -0.39 is 6.10 Å². The molecular formula is C19H26N2O3. The number of aliphatic hydroxyl groups excluding tert-OH is 2. The molecule has 0 saturated heterocycles. The molecule has 130 valence electrons. The minimum absolute atomic E-state index is 0.0105. The maximum absolute atomic E-state index is 9.44. The first-order chi connectivity index (χ1) is 11.6. The van der Waals surface area contributed by atoms with Gasteiger partial charge >= 0.3 is 0 Å². The Kier molecular flexibility index (Phi) is 6.90. The van der Waals surface area contributed by atoms with E-state index in [4.69, 9.17) is 15.6 Å². The second kappa shape index (κ2) is 9.15. The highest BCUT2D eigenvalue weighted by Crippen LogP contribution is 2.29. The highest BCUT2D eigenvalue weighted by molar-refractivity contribution is 5.62. The topological polar surface area (TPSA) is 79.0 Å². The lowest BCUT2D eigenvalue weighted by molar-refractivity contribution is 0.0538. The SMILES string of the molecule is CCCN(Cc1ccccc1)c1ccc(N)c(OCC(O)CO)c1. The number of hydrogen-bond donors (Lipinski definition) is 3. The van der Waals surface area contributed by atoms with E-state index in [0.717, 1.165) is 25.2 Å². The van der Waals surface area contributed by atoms with Gasteiger partial charge in [0.2, 0.25) is 0 Å². The van der Waals surface area contributed by atoms with Crippen molar-refractivity contribution in [1.82, 2.24) is 0 Å². The standard InChI is InChI=1S/C19H26N2O3/c1-2-10-21(12-15-6-4-3-5-7-15)16-8-9-18(20)19(11-16)24-14-17(23)13-22/h3-9,11,17,22-23H,2,10,12-14,20H2,1H3. The first-order valence-corrected chi connectivity index (χ1v) is 8.24. The van der Waals surface area contributed by atoms with E-state index in [1.165, 1.54) is 5.56 Å². The van der Waals surface area contributed by atoms with Crippen LogP contribution in [0, 0.1) is 0 Å². The fraction of sp³-hybridized carbons (Fsp3) is 0.368. The zero-order valence-corrected chi connectivity index (χ0v) is 14.1. The summed E-state index contributed by atoms with van der Waals surface area (Å²) >= 11 is 0. The molecule has 1 unspecified atom stereocenters. The molecule has 0 aliphatic heterocycles. The summed E-state index contributed by atoms with van der Waals surface area (Å²) in [7, 11) is 0. The van der Waals surface area contributed by atoms with Gasteiger partial charge in [0.25, 0.3) is 0 Å². The van der Waals surface area contributed by atoms with Crippen LogP contribution in [0.4, 0.5) is 11.4 Å². The van der Waals surface area contributed by atoms with Crippen LogP contribution in [0.5, 0.6) is 5.75 Å². The average Bonchev–Trinajstić information content (AvgIpc) is 2.61. The molecule has 5 heteroatoms. The van der Waals surface area contributed by atoms with Crippen LogP contribution < -0.4 is 15.4 Å². The Balaban J connectivity index is 2.17. The van der Waals surface area contributed by atoms with Crippen molar-refractivity contribution in [3.8, 4) is 5.75 Å². The molecular weight excluding hydrogens is 304 g/mol. The molecule has 0 bridgehead atoms. The minimum Gasteiger partial charge on any atom is -0.489 e. The Hall–Kier alpha value is -2.24. The lowest BCUT2D eigenvalue weighted by Gasteiger charge is -2.25. The summed E-state index contributed by atoms with van der Waals surface area (Å²) in [5.74, 6) is 0.522. The van der Waals surface area contributed by atoms with E-state index in [2.05, 4.69) is 24.0 Å². The van der Waals surface area contributed by atoms with E-state index in [9.17, 15) is 5.11 Å². The van der Waals surface area contributed by atoms with Gasteiger partial charge in [-0.05, 0) is 24.1 Å². The van der Waals surface area contributed by atoms with Gasteiger partial charge in [0, 0.05) is 24.8 Å². The van der Waals surface area contributed by atoms with Crippen LogP contribution in [0.15, 0.2) is 48.5 Å². The van der Waals surface area contributed by atoms with Crippen LogP contribution in [0.2, 0.25) is 0 Å². The lowest BCUT2D eigenvalue weighted by Crippen LogP contribution is -2.24. The number of ether oxygens (including phenoxy) is 1. The third-order valence-corrected chi connectivity index (χ3v) is 3.71. The van der Waals surface area contributed by atoms with Gasteiger partial charge in [-0.3, -0.25) is 0 Å². The lowest BCUT2D eigenvalue weighted by atomic mass is 10.1. The molecule has 0 amide bonds. The quantitative estimate of drug-likeness (QED) is 0.615. The first kappa shape index (κ1) is 18.1. The third kappa shape index (κ3) is 5.15. The molecule has 0 spiro atoms. The van der Waals surface area contributed by atoms with Crippen LogP contribution in [0.25, 0.3) is 0 Å². The first-order valence-electron chi connectivity index (χ1n) is 8.24. The van der Waals surface area contributed by atoms with Crippen LogP contribution >= 0.6 is 0 Å². The predicted octanol–water partition coefficient (Wildman–Crippen LogP) is 2.42. The molecule has 0 aromatic heterocycles. The summed E-state index contributed by atoms with van der Waals surface area (Å²) in [6.07, 6.45) is 0.112. The Morgan fingerprint density at radius 1 is 1.17 bits per heavy atom. The normalized spacial score (nSPS) is 12.0. The van der Waals surface area contributed by atoms with Gasteiger partial charge in [-0.2, -0.15) is 0 Å². The number of hydrogen-bond acceptors (Lipinski definition) is 5. The molecule has 0 fully saturated rings. The fourth-order valence-electron chi connectivity index (χ4n) is 2.46. The van der Waals surface area contributed by atoms with E-state index in [0.29, 0.717) is 11.4 Å².